The summed E-state index contributed by atoms with van der Waals surface area (Å²) in [6.45, 7) is 2.11. The van der Waals surface area contributed by atoms with Gasteiger partial charge < -0.3 is 10.1 Å². The largest absolute Gasteiger partial charge is 0.465 e. The standard InChI is InChI=1S/C18H20FN3O2/c1-11-21-16-6-4-3-5-14(16)17(22-11)20-10-13-9-12(18(23)24-2)7-8-15(13)19/h7-9H,3-6,10H2,1-2H3,(H,20,21,22). The lowest BCUT2D eigenvalue weighted by molar-refractivity contribution is 0.0600. The molecule has 0 aliphatic heterocycles. The van der Waals surface area contributed by atoms with Crippen molar-refractivity contribution in [1.82, 2.24) is 9.97 Å². The van der Waals surface area contributed by atoms with Gasteiger partial charge in [0.05, 0.1) is 12.7 Å². The molecule has 24 heavy (non-hydrogen) atoms. The zero-order valence-electron chi connectivity index (χ0n) is 13.9. The van der Waals surface area contributed by atoms with Crippen molar-refractivity contribution >= 4 is 11.8 Å². The topological polar surface area (TPSA) is 64.1 Å². The second-order valence-corrected chi connectivity index (χ2v) is 5.90. The molecule has 0 unspecified atom stereocenters. The van der Waals surface area contributed by atoms with Gasteiger partial charge in [0, 0.05) is 23.4 Å². The number of rotatable bonds is 4. The zero-order chi connectivity index (χ0) is 17.1. The van der Waals surface area contributed by atoms with Crippen LogP contribution in [-0.4, -0.2) is 23.0 Å². The maximum absolute atomic E-state index is 14.0. The van der Waals surface area contributed by atoms with Gasteiger partial charge in [-0.15, -0.1) is 0 Å². The summed E-state index contributed by atoms with van der Waals surface area (Å²) < 4.78 is 18.7. The first-order valence-electron chi connectivity index (χ1n) is 8.05. The first kappa shape index (κ1) is 16.4. The predicted octanol–water partition coefficient (Wildman–Crippen LogP) is 3.20. The van der Waals surface area contributed by atoms with Gasteiger partial charge in [0.2, 0.25) is 0 Å². The summed E-state index contributed by atoms with van der Waals surface area (Å²) in [5.41, 5.74) is 2.94. The van der Waals surface area contributed by atoms with E-state index in [9.17, 15) is 9.18 Å². The van der Waals surface area contributed by atoms with Crippen LogP contribution in [0.5, 0.6) is 0 Å². The van der Waals surface area contributed by atoms with Gasteiger partial charge in [0.15, 0.2) is 0 Å². The van der Waals surface area contributed by atoms with Crippen LogP contribution in [0.1, 0.15) is 45.8 Å². The van der Waals surface area contributed by atoms with Crippen molar-refractivity contribution in [3.05, 3.63) is 52.2 Å². The molecule has 0 saturated heterocycles. The van der Waals surface area contributed by atoms with E-state index in [1.807, 2.05) is 6.92 Å². The molecule has 1 aliphatic carbocycles. The van der Waals surface area contributed by atoms with Gasteiger partial charge in [-0.1, -0.05) is 0 Å². The quantitative estimate of drug-likeness (QED) is 0.873. The average molecular weight is 329 g/mol. The third-order valence-corrected chi connectivity index (χ3v) is 4.21. The highest BCUT2D eigenvalue weighted by Gasteiger charge is 2.17. The molecule has 1 heterocycles. The molecule has 0 spiro atoms. The Morgan fingerprint density at radius 2 is 2.08 bits per heavy atom. The molecule has 0 fully saturated rings. The van der Waals surface area contributed by atoms with E-state index in [4.69, 9.17) is 0 Å². The Kier molecular flexibility index (Phi) is 4.74. The van der Waals surface area contributed by atoms with Gasteiger partial charge >= 0.3 is 5.97 Å². The number of benzene rings is 1. The molecule has 0 saturated carbocycles. The van der Waals surface area contributed by atoms with E-state index in [1.165, 1.54) is 25.3 Å². The summed E-state index contributed by atoms with van der Waals surface area (Å²) in [6, 6.07) is 4.21. The van der Waals surface area contributed by atoms with Gasteiger partial charge in [-0.3, -0.25) is 0 Å². The van der Waals surface area contributed by atoms with E-state index in [0.717, 1.165) is 42.8 Å². The van der Waals surface area contributed by atoms with Crippen molar-refractivity contribution in [3.8, 4) is 0 Å². The molecule has 0 radical (unpaired) electrons. The minimum absolute atomic E-state index is 0.250. The highest BCUT2D eigenvalue weighted by Crippen LogP contribution is 2.26. The number of fused-ring (bicyclic) bond motifs is 1. The third-order valence-electron chi connectivity index (χ3n) is 4.21. The number of anilines is 1. The lowest BCUT2D eigenvalue weighted by atomic mass is 9.96. The van der Waals surface area contributed by atoms with Crippen molar-refractivity contribution in [2.75, 3.05) is 12.4 Å². The van der Waals surface area contributed by atoms with Crippen LogP contribution in [0, 0.1) is 12.7 Å². The Morgan fingerprint density at radius 3 is 2.88 bits per heavy atom. The second-order valence-electron chi connectivity index (χ2n) is 5.90. The van der Waals surface area contributed by atoms with E-state index in [0.29, 0.717) is 17.0 Å². The number of aromatic nitrogens is 2. The van der Waals surface area contributed by atoms with Crippen LogP contribution in [0.4, 0.5) is 10.2 Å². The first-order valence-corrected chi connectivity index (χ1v) is 8.05. The summed E-state index contributed by atoms with van der Waals surface area (Å²) >= 11 is 0. The number of hydrogen-bond acceptors (Lipinski definition) is 5. The zero-order valence-corrected chi connectivity index (χ0v) is 13.9. The molecule has 1 aromatic heterocycles. The fraction of sp³-hybridized carbons (Fsp3) is 0.389. The molecule has 1 N–H and O–H groups in total. The van der Waals surface area contributed by atoms with Crippen molar-refractivity contribution in [2.24, 2.45) is 0 Å². The Labute approximate surface area is 140 Å². The van der Waals surface area contributed by atoms with E-state index in [2.05, 4.69) is 20.0 Å². The minimum atomic E-state index is -0.480. The number of methoxy groups -OCH3 is 1. The Bertz CT molecular complexity index is 777. The SMILES string of the molecule is COC(=O)c1ccc(F)c(CNc2nc(C)nc3c2CCCC3)c1. The molecule has 0 atom stereocenters. The van der Waals surface area contributed by atoms with Crippen LogP contribution in [-0.2, 0) is 24.1 Å². The molecule has 1 aromatic carbocycles. The molecule has 126 valence electrons. The molecule has 0 bridgehead atoms. The third kappa shape index (κ3) is 3.37. The molecule has 0 amide bonds. The normalized spacial score (nSPS) is 13.3. The maximum Gasteiger partial charge on any atom is 0.337 e. The summed E-state index contributed by atoms with van der Waals surface area (Å²) in [5, 5.41) is 3.21. The average Bonchev–Trinajstić information content (AvgIpc) is 2.60. The minimum Gasteiger partial charge on any atom is -0.465 e. The smallest absolute Gasteiger partial charge is 0.337 e. The highest BCUT2D eigenvalue weighted by atomic mass is 19.1. The Balaban J connectivity index is 1.84. The highest BCUT2D eigenvalue weighted by molar-refractivity contribution is 5.89. The van der Waals surface area contributed by atoms with Gasteiger partial charge in [-0.05, 0) is 50.8 Å². The number of carbonyl (C=O) groups is 1. The van der Waals surface area contributed by atoms with Crippen molar-refractivity contribution in [1.29, 1.82) is 0 Å². The van der Waals surface area contributed by atoms with Crippen LogP contribution >= 0.6 is 0 Å². The maximum atomic E-state index is 14.0. The monoisotopic (exact) mass is 329 g/mol. The molecule has 6 heteroatoms. The van der Waals surface area contributed by atoms with Gasteiger partial charge in [-0.2, -0.15) is 0 Å². The number of carbonyl (C=O) groups excluding carboxylic acids is 1. The fourth-order valence-electron chi connectivity index (χ4n) is 3.00. The van der Waals surface area contributed by atoms with Crippen LogP contribution in [0.25, 0.3) is 0 Å². The number of nitrogens with zero attached hydrogens (tertiary/aromatic N) is 2. The van der Waals surface area contributed by atoms with E-state index < -0.39 is 5.97 Å². The van der Waals surface area contributed by atoms with Crippen molar-refractivity contribution in [2.45, 2.75) is 39.2 Å². The predicted molar refractivity (Wildman–Crippen MR) is 88.5 cm³/mol. The molecule has 3 rings (SSSR count). The van der Waals surface area contributed by atoms with Crippen LogP contribution < -0.4 is 5.32 Å². The van der Waals surface area contributed by atoms with E-state index in [-0.39, 0.29) is 12.4 Å². The van der Waals surface area contributed by atoms with Crippen LogP contribution in [0.3, 0.4) is 0 Å². The number of aryl methyl sites for hydroxylation is 2. The number of nitrogens with one attached hydrogen (secondary N) is 1. The number of esters is 1. The second kappa shape index (κ2) is 6.95. The summed E-state index contributed by atoms with van der Waals surface area (Å²) in [6.07, 6.45) is 4.14. The van der Waals surface area contributed by atoms with Crippen molar-refractivity contribution < 1.29 is 13.9 Å². The molecule has 5 nitrogen and oxygen atoms in total. The van der Waals surface area contributed by atoms with Gasteiger partial charge in [-0.25, -0.2) is 19.2 Å². The molecular weight excluding hydrogens is 309 g/mol. The molecular formula is C18H20FN3O2. The number of halogens is 1. The lowest BCUT2D eigenvalue weighted by Gasteiger charge is -2.19. The first-order chi connectivity index (χ1) is 11.6. The van der Waals surface area contributed by atoms with Crippen LogP contribution in [0.15, 0.2) is 18.2 Å². The van der Waals surface area contributed by atoms with E-state index >= 15 is 0 Å². The van der Waals surface area contributed by atoms with E-state index in [1.54, 1.807) is 0 Å². The Hall–Kier alpha value is -2.50. The van der Waals surface area contributed by atoms with Crippen molar-refractivity contribution in [3.63, 3.8) is 0 Å². The number of hydrogen-bond donors (Lipinski definition) is 1. The van der Waals surface area contributed by atoms with Crippen LogP contribution in [0.2, 0.25) is 0 Å². The molecule has 2 aromatic rings. The van der Waals surface area contributed by atoms with Gasteiger partial charge in [0.1, 0.15) is 17.5 Å². The fourth-order valence-corrected chi connectivity index (χ4v) is 3.00. The molecule has 1 aliphatic rings. The summed E-state index contributed by atoms with van der Waals surface area (Å²) in [5.74, 6) is 0.628. The number of ether oxygens (including phenoxy) is 1. The Morgan fingerprint density at radius 1 is 1.29 bits per heavy atom. The van der Waals surface area contributed by atoms with Gasteiger partial charge in [0.25, 0.3) is 0 Å². The summed E-state index contributed by atoms with van der Waals surface area (Å²) in [4.78, 5) is 20.6. The summed E-state index contributed by atoms with van der Waals surface area (Å²) in [7, 11) is 1.31. The lowest BCUT2D eigenvalue weighted by Crippen LogP contribution is -2.14.